The van der Waals surface area contributed by atoms with Crippen LogP contribution < -0.4 is 15.4 Å². The van der Waals surface area contributed by atoms with Crippen molar-refractivity contribution in [2.75, 3.05) is 26.7 Å². The molecule has 2 N–H and O–H groups in total. The molecule has 21 heavy (non-hydrogen) atoms. The molecule has 0 aromatic carbocycles. The second-order valence-electron chi connectivity index (χ2n) is 4.83. The number of methoxy groups -OCH3 is 1. The molecule has 0 saturated carbocycles. The molecule has 1 fully saturated rings. The molecule has 0 spiro atoms. The summed E-state index contributed by atoms with van der Waals surface area (Å²) in [7, 11) is 1.54. The van der Waals surface area contributed by atoms with Crippen molar-refractivity contribution >= 4 is 11.9 Å². The van der Waals surface area contributed by atoms with Crippen LogP contribution in [0.5, 0.6) is 5.88 Å². The molecule has 7 nitrogen and oxygen atoms in total. The van der Waals surface area contributed by atoms with Gasteiger partial charge in [0.2, 0.25) is 11.8 Å². The highest BCUT2D eigenvalue weighted by Gasteiger charge is 2.17. The monoisotopic (exact) mass is 292 g/mol. The van der Waals surface area contributed by atoms with Crippen LogP contribution in [0.1, 0.15) is 18.4 Å². The van der Waals surface area contributed by atoms with Crippen molar-refractivity contribution in [1.29, 1.82) is 0 Å². The normalized spacial score (nSPS) is 13.9. The van der Waals surface area contributed by atoms with Gasteiger partial charge in [-0.05, 0) is 24.5 Å². The van der Waals surface area contributed by atoms with E-state index in [0.29, 0.717) is 12.4 Å². The molecule has 1 aromatic heterocycles. The molecule has 1 aromatic rings. The molecule has 1 aliphatic rings. The molecule has 0 bridgehead atoms. The number of carbonyl (C=O) groups excluding carboxylic acids is 2. The van der Waals surface area contributed by atoms with Crippen molar-refractivity contribution in [2.24, 2.45) is 0 Å². The van der Waals surface area contributed by atoms with Gasteiger partial charge in [0, 0.05) is 31.9 Å². The van der Waals surface area contributed by atoms with Crippen molar-refractivity contribution in [3.63, 3.8) is 0 Å². The van der Waals surface area contributed by atoms with Gasteiger partial charge in [0.15, 0.2) is 0 Å². The number of nitrogens with zero attached hydrogens (tertiary/aromatic N) is 2. The van der Waals surface area contributed by atoms with Gasteiger partial charge in [-0.25, -0.2) is 9.78 Å². The van der Waals surface area contributed by atoms with Crippen LogP contribution in [0.2, 0.25) is 0 Å². The highest BCUT2D eigenvalue weighted by molar-refractivity contribution is 5.84. The lowest BCUT2D eigenvalue weighted by atomic mass is 10.2. The number of urea groups is 1. The Labute approximate surface area is 123 Å². The lowest BCUT2D eigenvalue weighted by Crippen LogP contribution is -2.42. The average molecular weight is 292 g/mol. The maximum Gasteiger partial charge on any atom is 0.315 e. The van der Waals surface area contributed by atoms with E-state index in [4.69, 9.17) is 4.74 Å². The molecular formula is C14H20N4O3. The molecule has 3 amide bonds. The molecule has 2 rings (SSSR count). The quantitative estimate of drug-likeness (QED) is 0.828. The van der Waals surface area contributed by atoms with Crippen LogP contribution in [-0.2, 0) is 11.3 Å². The number of aromatic nitrogens is 1. The zero-order valence-corrected chi connectivity index (χ0v) is 12.1. The van der Waals surface area contributed by atoms with E-state index in [2.05, 4.69) is 15.6 Å². The summed E-state index contributed by atoms with van der Waals surface area (Å²) in [4.78, 5) is 29.2. The van der Waals surface area contributed by atoms with E-state index >= 15 is 0 Å². The number of amides is 3. The molecule has 0 atom stereocenters. The number of likely N-dealkylation sites (tertiary alicyclic amines) is 1. The average Bonchev–Trinajstić information content (AvgIpc) is 3.05. The third kappa shape index (κ3) is 4.62. The van der Waals surface area contributed by atoms with E-state index in [9.17, 15) is 9.59 Å². The van der Waals surface area contributed by atoms with E-state index in [-0.39, 0.29) is 18.5 Å². The van der Waals surface area contributed by atoms with Gasteiger partial charge in [-0.2, -0.15) is 0 Å². The van der Waals surface area contributed by atoms with Crippen molar-refractivity contribution < 1.29 is 14.3 Å². The molecule has 0 aliphatic carbocycles. The van der Waals surface area contributed by atoms with Crippen molar-refractivity contribution in [2.45, 2.75) is 19.4 Å². The van der Waals surface area contributed by atoms with Gasteiger partial charge in [-0.3, -0.25) is 4.79 Å². The van der Waals surface area contributed by atoms with Crippen molar-refractivity contribution in [1.82, 2.24) is 20.5 Å². The number of ether oxygens (including phenoxy) is 1. The predicted molar refractivity (Wildman–Crippen MR) is 76.8 cm³/mol. The maximum atomic E-state index is 11.8. The number of pyridine rings is 1. The number of hydrogen-bond donors (Lipinski definition) is 2. The zero-order chi connectivity index (χ0) is 15.1. The van der Waals surface area contributed by atoms with Crippen molar-refractivity contribution in [3.8, 4) is 5.88 Å². The summed E-state index contributed by atoms with van der Waals surface area (Å²) >= 11 is 0. The lowest BCUT2D eigenvalue weighted by Gasteiger charge is -2.15. The van der Waals surface area contributed by atoms with Gasteiger partial charge in [-0.1, -0.05) is 0 Å². The summed E-state index contributed by atoms with van der Waals surface area (Å²) in [5, 5.41) is 5.26. The molecule has 0 unspecified atom stereocenters. The fourth-order valence-electron chi connectivity index (χ4n) is 2.15. The molecule has 114 valence electrons. The summed E-state index contributed by atoms with van der Waals surface area (Å²) in [6, 6.07) is 3.17. The predicted octanol–water partition coefficient (Wildman–Crippen LogP) is 0.512. The third-order valence-electron chi connectivity index (χ3n) is 3.32. The molecule has 1 saturated heterocycles. The van der Waals surface area contributed by atoms with E-state index in [0.717, 1.165) is 31.5 Å². The lowest BCUT2D eigenvalue weighted by molar-refractivity contribution is -0.128. The van der Waals surface area contributed by atoms with E-state index < -0.39 is 0 Å². The van der Waals surface area contributed by atoms with Crippen LogP contribution in [-0.4, -0.2) is 48.6 Å². The fraction of sp³-hybridized carbons (Fsp3) is 0.500. The summed E-state index contributed by atoms with van der Waals surface area (Å²) in [6.07, 6.45) is 3.70. The second-order valence-corrected chi connectivity index (χ2v) is 4.83. The first-order valence-electron chi connectivity index (χ1n) is 6.97. The Morgan fingerprint density at radius 1 is 1.33 bits per heavy atom. The molecule has 1 aliphatic heterocycles. The van der Waals surface area contributed by atoms with Gasteiger partial charge >= 0.3 is 6.03 Å². The van der Waals surface area contributed by atoms with Crippen LogP contribution in [0.4, 0.5) is 4.79 Å². The number of carbonyl (C=O) groups is 2. The second kappa shape index (κ2) is 7.47. The van der Waals surface area contributed by atoms with E-state index in [1.807, 2.05) is 0 Å². The zero-order valence-electron chi connectivity index (χ0n) is 12.1. The first kappa shape index (κ1) is 15.1. The number of rotatable bonds is 5. The summed E-state index contributed by atoms with van der Waals surface area (Å²) < 4.78 is 5.01. The minimum Gasteiger partial charge on any atom is -0.481 e. The third-order valence-corrected chi connectivity index (χ3v) is 3.32. The van der Waals surface area contributed by atoms with Gasteiger partial charge in [0.05, 0.1) is 13.7 Å². The topological polar surface area (TPSA) is 83.6 Å². The molecule has 0 radical (unpaired) electrons. The summed E-state index contributed by atoms with van der Waals surface area (Å²) in [5.74, 6) is 0.465. The molecule has 2 heterocycles. The highest BCUT2D eigenvalue weighted by atomic mass is 16.5. The van der Waals surface area contributed by atoms with Gasteiger partial charge in [0.1, 0.15) is 0 Å². The Morgan fingerprint density at radius 3 is 2.81 bits per heavy atom. The number of hydrogen-bond acceptors (Lipinski definition) is 4. The van der Waals surface area contributed by atoms with E-state index in [1.165, 1.54) is 7.11 Å². The number of nitrogens with one attached hydrogen (secondary N) is 2. The summed E-state index contributed by atoms with van der Waals surface area (Å²) in [5.41, 5.74) is 0.878. The minimum atomic E-state index is -0.363. The Balaban J connectivity index is 1.70. The van der Waals surface area contributed by atoms with Crippen LogP contribution in [0, 0.1) is 0 Å². The van der Waals surface area contributed by atoms with Crippen LogP contribution >= 0.6 is 0 Å². The van der Waals surface area contributed by atoms with Crippen molar-refractivity contribution in [3.05, 3.63) is 23.9 Å². The Kier molecular flexibility index (Phi) is 5.36. The molecule has 7 heteroatoms. The van der Waals surface area contributed by atoms with Crippen LogP contribution in [0.15, 0.2) is 18.3 Å². The smallest absolute Gasteiger partial charge is 0.315 e. The fourth-order valence-corrected chi connectivity index (χ4v) is 2.15. The summed E-state index contributed by atoms with van der Waals surface area (Å²) in [6.45, 7) is 1.96. The van der Waals surface area contributed by atoms with E-state index in [1.54, 1.807) is 23.2 Å². The van der Waals surface area contributed by atoms with Crippen LogP contribution in [0.3, 0.4) is 0 Å². The van der Waals surface area contributed by atoms with Gasteiger partial charge < -0.3 is 20.3 Å². The first-order valence-corrected chi connectivity index (χ1v) is 6.97. The first-order chi connectivity index (χ1) is 10.2. The Morgan fingerprint density at radius 2 is 2.10 bits per heavy atom. The molecular weight excluding hydrogens is 272 g/mol. The standard InChI is InChI=1S/C14H20N4O3/c1-21-12-8-11(4-5-15-12)9-16-14(20)17-10-13(19)18-6-2-3-7-18/h4-5,8H,2-3,6-7,9-10H2,1H3,(H2,16,17,20). The Hall–Kier alpha value is -2.31. The Bertz CT molecular complexity index is 501. The largest absolute Gasteiger partial charge is 0.481 e. The van der Waals surface area contributed by atoms with Gasteiger partial charge in [0.25, 0.3) is 0 Å². The maximum absolute atomic E-state index is 11.8. The minimum absolute atomic E-state index is 0.0332. The van der Waals surface area contributed by atoms with Crippen LogP contribution in [0.25, 0.3) is 0 Å². The van der Waals surface area contributed by atoms with Gasteiger partial charge in [-0.15, -0.1) is 0 Å². The highest BCUT2D eigenvalue weighted by Crippen LogP contribution is 2.08. The SMILES string of the molecule is COc1cc(CNC(=O)NCC(=O)N2CCCC2)ccn1.